The van der Waals surface area contributed by atoms with Crippen molar-refractivity contribution in [3.63, 3.8) is 0 Å². The molecule has 1 heteroatoms. The third-order valence-corrected chi connectivity index (χ3v) is 3.03. The summed E-state index contributed by atoms with van der Waals surface area (Å²) in [6, 6.07) is 10.5. The zero-order valence-corrected chi connectivity index (χ0v) is 9.77. The maximum Gasteiger partial charge on any atom is 0.0755 e. The van der Waals surface area contributed by atoms with Gasteiger partial charge in [-0.05, 0) is 31.2 Å². The molecule has 0 amide bonds. The SMILES string of the molecule is C1=CC(OCCc2ccccc2)CCCC1. The van der Waals surface area contributed by atoms with E-state index in [-0.39, 0.29) is 0 Å². The highest BCUT2D eigenvalue weighted by atomic mass is 16.5. The van der Waals surface area contributed by atoms with Crippen molar-refractivity contribution < 1.29 is 4.74 Å². The van der Waals surface area contributed by atoms with Crippen LogP contribution in [-0.2, 0) is 11.2 Å². The van der Waals surface area contributed by atoms with Gasteiger partial charge in [0.15, 0.2) is 0 Å². The molecule has 1 aromatic rings. The summed E-state index contributed by atoms with van der Waals surface area (Å²) >= 11 is 0. The lowest BCUT2D eigenvalue weighted by Gasteiger charge is -2.12. The molecule has 0 saturated carbocycles. The fourth-order valence-electron chi connectivity index (χ4n) is 2.06. The van der Waals surface area contributed by atoms with Crippen molar-refractivity contribution in [3.8, 4) is 0 Å². The van der Waals surface area contributed by atoms with Crippen LogP contribution in [0.5, 0.6) is 0 Å². The topological polar surface area (TPSA) is 9.23 Å². The van der Waals surface area contributed by atoms with E-state index in [0.29, 0.717) is 6.10 Å². The molecule has 0 aliphatic heterocycles. The summed E-state index contributed by atoms with van der Waals surface area (Å²) in [4.78, 5) is 0. The average molecular weight is 216 g/mol. The van der Waals surface area contributed by atoms with Gasteiger partial charge in [0.25, 0.3) is 0 Å². The summed E-state index contributed by atoms with van der Waals surface area (Å²) < 4.78 is 5.88. The fraction of sp³-hybridized carbons (Fsp3) is 0.467. The van der Waals surface area contributed by atoms with Crippen LogP contribution in [0.25, 0.3) is 0 Å². The van der Waals surface area contributed by atoms with E-state index in [1.807, 2.05) is 0 Å². The first kappa shape index (κ1) is 11.4. The monoisotopic (exact) mass is 216 g/mol. The Labute approximate surface area is 98.1 Å². The van der Waals surface area contributed by atoms with Gasteiger partial charge in [-0.25, -0.2) is 0 Å². The van der Waals surface area contributed by atoms with Crippen LogP contribution in [-0.4, -0.2) is 12.7 Å². The standard InChI is InChI=1S/C15H20O/c1-2-7-11-15(10-6-1)16-13-12-14-8-4-3-5-9-14/h3-6,8-10,15H,1-2,7,11-13H2. The number of benzene rings is 1. The van der Waals surface area contributed by atoms with Crippen molar-refractivity contribution in [1.29, 1.82) is 0 Å². The fourth-order valence-corrected chi connectivity index (χ4v) is 2.06. The van der Waals surface area contributed by atoms with Gasteiger partial charge in [-0.2, -0.15) is 0 Å². The van der Waals surface area contributed by atoms with Crippen molar-refractivity contribution in [3.05, 3.63) is 48.0 Å². The molecule has 1 aliphatic carbocycles. The molecule has 0 aromatic heterocycles. The smallest absolute Gasteiger partial charge is 0.0755 e. The third-order valence-electron chi connectivity index (χ3n) is 3.03. The van der Waals surface area contributed by atoms with Crippen LogP contribution in [0.4, 0.5) is 0 Å². The van der Waals surface area contributed by atoms with Gasteiger partial charge in [0.05, 0.1) is 12.7 Å². The molecule has 0 radical (unpaired) electrons. The minimum atomic E-state index is 0.353. The van der Waals surface area contributed by atoms with E-state index in [1.165, 1.54) is 31.2 Å². The van der Waals surface area contributed by atoms with Crippen LogP contribution in [0, 0.1) is 0 Å². The summed E-state index contributed by atoms with van der Waals surface area (Å²) in [6.07, 6.45) is 10.9. The van der Waals surface area contributed by atoms with E-state index in [2.05, 4.69) is 42.5 Å². The summed E-state index contributed by atoms with van der Waals surface area (Å²) in [5.41, 5.74) is 1.36. The van der Waals surface area contributed by atoms with E-state index in [1.54, 1.807) is 0 Å². The predicted molar refractivity (Wildman–Crippen MR) is 67.5 cm³/mol. The van der Waals surface area contributed by atoms with Gasteiger partial charge in [0.1, 0.15) is 0 Å². The van der Waals surface area contributed by atoms with Crippen LogP contribution in [0.2, 0.25) is 0 Å². The van der Waals surface area contributed by atoms with Gasteiger partial charge in [0, 0.05) is 0 Å². The zero-order valence-electron chi connectivity index (χ0n) is 9.77. The van der Waals surface area contributed by atoms with Crippen molar-refractivity contribution in [1.82, 2.24) is 0 Å². The second-order valence-corrected chi connectivity index (χ2v) is 4.36. The summed E-state index contributed by atoms with van der Waals surface area (Å²) in [7, 11) is 0. The zero-order chi connectivity index (χ0) is 11.1. The van der Waals surface area contributed by atoms with Crippen LogP contribution in [0.15, 0.2) is 42.5 Å². The van der Waals surface area contributed by atoms with Crippen molar-refractivity contribution >= 4 is 0 Å². The minimum absolute atomic E-state index is 0.353. The largest absolute Gasteiger partial charge is 0.374 e. The van der Waals surface area contributed by atoms with Gasteiger partial charge in [-0.15, -0.1) is 0 Å². The normalized spacial score (nSPS) is 20.6. The maximum absolute atomic E-state index is 5.88. The molecule has 0 fully saturated rings. The Kier molecular flexibility index (Phi) is 4.63. The Hall–Kier alpha value is -1.08. The molecule has 1 atom stereocenters. The molecule has 0 spiro atoms. The molecule has 0 saturated heterocycles. The van der Waals surface area contributed by atoms with Gasteiger partial charge < -0.3 is 4.74 Å². The minimum Gasteiger partial charge on any atom is -0.374 e. The number of ether oxygens (including phenoxy) is 1. The van der Waals surface area contributed by atoms with Crippen molar-refractivity contribution in [2.45, 2.75) is 38.2 Å². The van der Waals surface area contributed by atoms with Gasteiger partial charge in [-0.1, -0.05) is 48.9 Å². The molecule has 1 aromatic carbocycles. The molecule has 1 nitrogen and oxygen atoms in total. The van der Waals surface area contributed by atoms with Crippen molar-refractivity contribution in [2.24, 2.45) is 0 Å². The average Bonchev–Trinajstić information content (AvgIpc) is 2.59. The molecule has 86 valence electrons. The lowest BCUT2D eigenvalue weighted by Crippen LogP contribution is -2.11. The highest BCUT2D eigenvalue weighted by Gasteiger charge is 2.07. The number of allylic oxidation sites excluding steroid dienone is 1. The van der Waals surface area contributed by atoms with Crippen molar-refractivity contribution in [2.75, 3.05) is 6.61 Å². The van der Waals surface area contributed by atoms with Gasteiger partial charge >= 0.3 is 0 Å². The first-order chi connectivity index (χ1) is 7.95. The Morgan fingerprint density at radius 3 is 2.88 bits per heavy atom. The maximum atomic E-state index is 5.88. The third kappa shape index (κ3) is 3.82. The van der Waals surface area contributed by atoms with E-state index in [4.69, 9.17) is 4.74 Å². The first-order valence-corrected chi connectivity index (χ1v) is 6.27. The molecule has 2 rings (SSSR count). The predicted octanol–water partition coefficient (Wildman–Crippen LogP) is 3.74. The lowest BCUT2D eigenvalue weighted by atomic mass is 10.1. The van der Waals surface area contributed by atoms with Crippen LogP contribution >= 0.6 is 0 Å². The van der Waals surface area contributed by atoms with Crippen LogP contribution in [0.3, 0.4) is 0 Å². The van der Waals surface area contributed by atoms with E-state index in [0.717, 1.165) is 13.0 Å². The molecule has 0 bridgehead atoms. The highest BCUT2D eigenvalue weighted by Crippen LogP contribution is 2.14. The number of hydrogen-bond acceptors (Lipinski definition) is 1. The summed E-state index contributed by atoms with van der Waals surface area (Å²) in [5.74, 6) is 0. The Balaban J connectivity index is 1.71. The molecule has 0 N–H and O–H groups in total. The van der Waals surface area contributed by atoms with Crippen LogP contribution < -0.4 is 0 Å². The number of rotatable bonds is 4. The lowest BCUT2D eigenvalue weighted by molar-refractivity contribution is 0.0814. The second-order valence-electron chi connectivity index (χ2n) is 4.36. The Bertz CT molecular complexity index is 315. The highest BCUT2D eigenvalue weighted by molar-refractivity contribution is 5.14. The van der Waals surface area contributed by atoms with E-state index in [9.17, 15) is 0 Å². The van der Waals surface area contributed by atoms with E-state index < -0.39 is 0 Å². The Morgan fingerprint density at radius 1 is 1.12 bits per heavy atom. The second kappa shape index (κ2) is 6.49. The number of hydrogen-bond donors (Lipinski definition) is 0. The summed E-state index contributed by atoms with van der Waals surface area (Å²) in [6.45, 7) is 0.832. The molecule has 16 heavy (non-hydrogen) atoms. The first-order valence-electron chi connectivity index (χ1n) is 6.27. The quantitative estimate of drug-likeness (QED) is 0.697. The van der Waals surface area contributed by atoms with Crippen LogP contribution in [0.1, 0.15) is 31.2 Å². The molecule has 1 unspecified atom stereocenters. The summed E-state index contributed by atoms with van der Waals surface area (Å²) in [5, 5.41) is 0. The van der Waals surface area contributed by atoms with Gasteiger partial charge in [0.2, 0.25) is 0 Å². The molecular formula is C15H20O. The van der Waals surface area contributed by atoms with E-state index >= 15 is 0 Å². The Morgan fingerprint density at radius 2 is 2.00 bits per heavy atom. The molecule has 0 heterocycles. The molecule has 1 aliphatic rings. The van der Waals surface area contributed by atoms with Gasteiger partial charge in [-0.3, -0.25) is 0 Å². The molecular weight excluding hydrogens is 196 g/mol.